The highest BCUT2D eigenvalue weighted by molar-refractivity contribution is 5.80. The van der Waals surface area contributed by atoms with Crippen molar-refractivity contribution in [3.63, 3.8) is 0 Å². The maximum atomic E-state index is 5.46. The lowest BCUT2D eigenvalue weighted by Crippen LogP contribution is -2.44. The summed E-state index contributed by atoms with van der Waals surface area (Å²) in [5.41, 5.74) is 2.64. The topological polar surface area (TPSA) is 52.1 Å². The van der Waals surface area contributed by atoms with Crippen LogP contribution in [-0.2, 0) is 4.74 Å². The van der Waals surface area contributed by atoms with Gasteiger partial charge in [0.1, 0.15) is 0 Å². The predicted molar refractivity (Wildman–Crippen MR) is 117 cm³/mol. The Hall–Kier alpha value is -1.79. The summed E-state index contributed by atoms with van der Waals surface area (Å²) in [6.07, 6.45) is 2.60. The van der Waals surface area contributed by atoms with Crippen LogP contribution in [0.25, 0.3) is 0 Å². The smallest absolute Gasteiger partial charge is 0.191 e. The van der Waals surface area contributed by atoms with Crippen LogP contribution >= 0.6 is 0 Å². The molecule has 2 N–H and O–H groups in total. The van der Waals surface area contributed by atoms with Gasteiger partial charge in [0.15, 0.2) is 5.96 Å². The van der Waals surface area contributed by atoms with Crippen LogP contribution in [0.5, 0.6) is 0 Å². The van der Waals surface area contributed by atoms with Gasteiger partial charge in [-0.3, -0.25) is 9.89 Å². The highest BCUT2D eigenvalue weighted by Crippen LogP contribution is 2.23. The van der Waals surface area contributed by atoms with Crippen molar-refractivity contribution in [1.29, 1.82) is 0 Å². The second kappa shape index (κ2) is 10.7. The molecule has 2 atom stereocenters. The second-order valence-corrected chi connectivity index (χ2v) is 7.87. The third kappa shape index (κ3) is 5.85. The Kier molecular flexibility index (Phi) is 7.98. The summed E-state index contributed by atoms with van der Waals surface area (Å²) in [6.45, 7) is 14.2. The number of nitrogens with one attached hydrogen (secondary N) is 2. The Morgan fingerprint density at radius 3 is 2.61 bits per heavy atom. The molecule has 2 fully saturated rings. The van der Waals surface area contributed by atoms with E-state index in [0.717, 1.165) is 45.4 Å². The van der Waals surface area contributed by atoms with E-state index in [1.54, 1.807) is 0 Å². The fourth-order valence-electron chi connectivity index (χ4n) is 3.93. The SMILES string of the molecule is CCNC(=NCC(C)N1CCOCC1)NC(C)c1cccc(N2CCCC2)c1. The molecular formula is C22H37N5O. The Morgan fingerprint density at radius 2 is 1.89 bits per heavy atom. The zero-order chi connectivity index (χ0) is 19.8. The molecule has 6 heteroatoms. The third-order valence-corrected chi connectivity index (χ3v) is 5.72. The van der Waals surface area contributed by atoms with E-state index in [2.05, 4.69) is 65.5 Å². The molecule has 1 aromatic carbocycles. The number of nitrogens with zero attached hydrogens (tertiary/aromatic N) is 3. The lowest BCUT2D eigenvalue weighted by atomic mass is 10.1. The van der Waals surface area contributed by atoms with Crippen LogP contribution in [-0.4, -0.2) is 69.4 Å². The number of anilines is 1. The number of benzene rings is 1. The lowest BCUT2D eigenvalue weighted by molar-refractivity contribution is 0.0220. The minimum Gasteiger partial charge on any atom is -0.379 e. The van der Waals surface area contributed by atoms with Crippen LogP contribution in [0, 0.1) is 0 Å². The normalized spacial score (nSPS) is 20.8. The monoisotopic (exact) mass is 387 g/mol. The third-order valence-electron chi connectivity index (χ3n) is 5.72. The predicted octanol–water partition coefficient (Wildman–Crippen LogP) is 2.62. The van der Waals surface area contributed by atoms with Gasteiger partial charge in [-0.1, -0.05) is 12.1 Å². The van der Waals surface area contributed by atoms with Crippen molar-refractivity contribution in [1.82, 2.24) is 15.5 Å². The minimum absolute atomic E-state index is 0.207. The molecule has 2 heterocycles. The van der Waals surface area contributed by atoms with Crippen LogP contribution in [0.2, 0.25) is 0 Å². The molecule has 0 aliphatic carbocycles. The van der Waals surface area contributed by atoms with Crippen LogP contribution < -0.4 is 15.5 Å². The maximum Gasteiger partial charge on any atom is 0.191 e. The van der Waals surface area contributed by atoms with Gasteiger partial charge in [0.2, 0.25) is 0 Å². The molecule has 0 spiro atoms. The van der Waals surface area contributed by atoms with Crippen LogP contribution in [0.1, 0.15) is 45.2 Å². The standard InChI is InChI=1S/C22H37N5O/c1-4-23-22(24-17-18(2)26-12-14-28-15-13-26)25-19(3)20-8-7-9-21(16-20)27-10-5-6-11-27/h7-9,16,18-19H,4-6,10-15,17H2,1-3H3,(H2,23,24,25). The molecule has 0 saturated carbocycles. The zero-order valence-electron chi connectivity index (χ0n) is 17.8. The van der Waals surface area contributed by atoms with E-state index in [9.17, 15) is 0 Å². The first kappa shape index (κ1) is 20.9. The van der Waals surface area contributed by atoms with Gasteiger partial charge in [-0.2, -0.15) is 0 Å². The molecule has 2 unspecified atom stereocenters. The van der Waals surface area contributed by atoms with E-state index in [0.29, 0.717) is 6.04 Å². The molecule has 28 heavy (non-hydrogen) atoms. The zero-order valence-corrected chi connectivity index (χ0v) is 17.8. The van der Waals surface area contributed by atoms with Gasteiger partial charge in [-0.25, -0.2) is 0 Å². The molecule has 6 nitrogen and oxygen atoms in total. The summed E-state index contributed by atoms with van der Waals surface area (Å²) in [5, 5.41) is 6.98. The number of hydrogen-bond acceptors (Lipinski definition) is 4. The van der Waals surface area contributed by atoms with E-state index in [-0.39, 0.29) is 6.04 Å². The first-order chi connectivity index (χ1) is 13.7. The molecule has 0 aromatic heterocycles. The first-order valence-corrected chi connectivity index (χ1v) is 10.9. The Morgan fingerprint density at radius 1 is 1.14 bits per heavy atom. The van der Waals surface area contributed by atoms with Crippen LogP contribution in [0.15, 0.2) is 29.3 Å². The number of aliphatic imine (C=N–C) groups is 1. The van der Waals surface area contributed by atoms with Gasteiger partial charge >= 0.3 is 0 Å². The first-order valence-electron chi connectivity index (χ1n) is 10.9. The van der Waals surface area contributed by atoms with Crippen molar-refractivity contribution in [2.45, 2.75) is 45.7 Å². The molecule has 2 aliphatic rings. The van der Waals surface area contributed by atoms with Crippen molar-refractivity contribution in [3.8, 4) is 0 Å². The average Bonchev–Trinajstić information content (AvgIpc) is 3.27. The van der Waals surface area contributed by atoms with Crippen LogP contribution in [0.4, 0.5) is 5.69 Å². The summed E-state index contributed by atoms with van der Waals surface area (Å²) < 4.78 is 5.46. The van der Waals surface area contributed by atoms with Crippen molar-refractivity contribution < 1.29 is 4.74 Å². The van der Waals surface area contributed by atoms with E-state index >= 15 is 0 Å². The average molecular weight is 388 g/mol. The van der Waals surface area contributed by atoms with E-state index < -0.39 is 0 Å². The minimum atomic E-state index is 0.207. The fraction of sp³-hybridized carbons (Fsp3) is 0.682. The fourth-order valence-corrected chi connectivity index (χ4v) is 3.93. The van der Waals surface area contributed by atoms with Crippen molar-refractivity contribution in [3.05, 3.63) is 29.8 Å². The second-order valence-electron chi connectivity index (χ2n) is 7.87. The molecule has 2 aliphatic heterocycles. The summed E-state index contributed by atoms with van der Waals surface area (Å²) in [4.78, 5) is 9.80. The van der Waals surface area contributed by atoms with Gasteiger partial charge in [0.05, 0.1) is 25.8 Å². The van der Waals surface area contributed by atoms with E-state index in [4.69, 9.17) is 9.73 Å². The molecule has 0 bridgehead atoms. The number of guanidine groups is 1. The molecule has 2 saturated heterocycles. The van der Waals surface area contributed by atoms with Crippen molar-refractivity contribution in [2.75, 3.05) is 57.4 Å². The maximum absolute atomic E-state index is 5.46. The summed E-state index contributed by atoms with van der Waals surface area (Å²) in [7, 11) is 0. The van der Waals surface area contributed by atoms with Crippen LogP contribution in [0.3, 0.4) is 0 Å². The Balaban J connectivity index is 1.60. The van der Waals surface area contributed by atoms with Crippen molar-refractivity contribution in [2.24, 2.45) is 4.99 Å². The molecule has 3 rings (SSSR count). The highest BCUT2D eigenvalue weighted by Gasteiger charge is 2.17. The Labute approximate surface area is 170 Å². The van der Waals surface area contributed by atoms with Gasteiger partial charge in [0.25, 0.3) is 0 Å². The number of hydrogen-bond donors (Lipinski definition) is 2. The molecule has 0 amide bonds. The van der Waals surface area contributed by atoms with Gasteiger partial charge in [-0.15, -0.1) is 0 Å². The van der Waals surface area contributed by atoms with Gasteiger partial charge in [-0.05, 0) is 51.3 Å². The summed E-state index contributed by atoms with van der Waals surface area (Å²) in [5.74, 6) is 0.890. The number of morpholine rings is 1. The van der Waals surface area contributed by atoms with E-state index in [1.165, 1.54) is 37.2 Å². The van der Waals surface area contributed by atoms with Gasteiger partial charge in [0, 0.05) is 44.5 Å². The van der Waals surface area contributed by atoms with E-state index in [1.807, 2.05) is 0 Å². The van der Waals surface area contributed by atoms with Crippen molar-refractivity contribution >= 4 is 11.6 Å². The number of rotatable bonds is 7. The molecular weight excluding hydrogens is 350 g/mol. The lowest BCUT2D eigenvalue weighted by Gasteiger charge is -2.31. The summed E-state index contributed by atoms with van der Waals surface area (Å²) >= 11 is 0. The largest absolute Gasteiger partial charge is 0.379 e. The summed E-state index contributed by atoms with van der Waals surface area (Å²) in [6, 6.07) is 9.56. The van der Waals surface area contributed by atoms with Gasteiger partial charge < -0.3 is 20.3 Å². The molecule has 0 radical (unpaired) electrons. The molecule has 156 valence electrons. The number of ether oxygens (including phenoxy) is 1. The Bertz CT molecular complexity index is 623. The quantitative estimate of drug-likeness (QED) is 0.556. The highest BCUT2D eigenvalue weighted by atomic mass is 16.5. The molecule has 1 aromatic rings.